The van der Waals surface area contributed by atoms with Crippen molar-refractivity contribution in [1.29, 1.82) is 0 Å². The molecule has 1 aliphatic heterocycles. The second-order valence-corrected chi connectivity index (χ2v) is 11.7. The molecule has 0 radical (unpaired) electrons. The van der Waals surface area contributed by atoms with E-state index in [4.69, 9.17) is 9.47 Å². The summed E-state index contributed by atoms with van der Waals surface area (Å²) in [6.07, 6.45) is 9.59. The zero-order chi connectivity index (χ0) is 26.0. The largest absolute Gasteiger partial charge is 0.493 e. The molecule has 2 atom stereocenters. The Kier molecular flexibility index (Phi) is 7.12. The fourth-order valence-corrected chi connectivity index (χ4v) is 4.89. The van der Waals surface area contributed by atoms with Gasteiger partial charge in [0.15, 0.2) is 9.84 Å². The van der Waals surface area contributed by atoms with E-state index >= 15 is 0 Å². The van der Waals surface area contributed by atoms with Crippen molar-refractivity contribution in [2.75, 3.05) is 25.2 Å². The van der Waals surface area contributed by atoms with Crippen molar-refractivity contribution in [3.05, 3.63) is 77.1 Å². The number of nitrogens with zero attached hydrogens (tertiary/aromatic N) is 4. The highest BCUT2D eigenvalue weighted by molar-refractivity contribution is 7.90. The van der Waals surface area contributed by atoms with Crippen LogP contribution in [0.3, 0.4) is 0 Å². The molecule has 0 amide bonds. The fourth-order valence-electron chi connectivity index (χ4n) is 4.50. The molecule has 2 aromatic carbocycles. The Morgan fingerprint density at radius 3 is 2.81 bits per heavy atom. The Balaban J connectivity index is 1.41. The molecule has 2 aromatic heterocycles. The van der Waals surface area contributed by atoms with E-state index in [0.29, 0.717) is 16.7 Å². The molecule has 0 spiro atoms. The van der Waals surface area contributed by atoms with E-state index in [0.717, 1.165) is 42.6 Å². The fraction of sp³-hybridized carbons (Fsp3) is 0.370. The van der Waals surface area contributed by atoms with Crippen LogP contribution in [0.4, 0.5) is 0 Å². The molecule has 10 heteroatoms. The number of fused-ring (bicyclic) bond motifs is 1. The number of ether oxygens (including phenoxy) is 2. The molecule has 5 rings (SSSR count). The predicted octanol–water partition coefficient (Wildman–Crippen LogP) is 3.99. The highest BCUT2D eigenvalue weighted by atomic mass is 32.2. The maximum absolute atomic E-state index is 13.5. The van der Waals surface area contributed by atoms with E-state index in [2.05, 4.69) is 10.1 Å². The number of benzene rings is 2. The summed E-state index contributed by atoms with van der Waals surface area (Å²) in [6.45, 7) is 2.73. The maximum Gasteiger partial charge on any atom is 0.261 e. The molecular weight excluding hydrogens is 492 g/mol. The maximum atomic E-state index is 13.5. The summed E-state index contributed by atoms with van der Waals surface area (Å²) in [5.41, 5.74) is 3.13. The first kappa shape index (κ1) is 25.2. The van der Waals surface area contributed by atoms with Crippen LogP contribution in [0, 0.1) is 0 Å². The molecule has 2 unspecified atom stereocenters. The molecule has 4 aromatic rings. The van der Waals surface area contributed by atoms with E-state index in [-0.39, 0.29) is 30.2 Å². The highest BCUT2D eigenvalue weighted by Gasteiger charge is 2.18. The van der Waals surface area contributed by atoms with Gasteiger partial charge >= 0.3 is 0 Å². The molecule has 1 saturated heterocycles. The van der Waals surface area contributed by atoms with E-state index in [1.165, 1.54) is 6.26 Å². The first-order valence-electron chi connectivity index (χ1n) is 12.4. The lowest BCUT2D eigenvalue weighted by molar-refractivity contribution is -0.0394. The molecule has 9 nitrogen and oxygen atoms in total. The molecule has 194 valence electrons. The summed E-state index contributed by atoms with van der Waals surface area (Å²) in [5.74, 6) is 0.492. The first-order chi connectivity index (χ1) is 17.8. The van der Waals surface area contributed by atoms with E-state index in [1.54, 1.807) is 23.2 Å². The van der Waals surface area contributed by atoms with Crippen LogP contribution >= 0.6 is 0 Å². The Labute approximate surface area is 215 Å². The Morgan fingerprint density at radius 2 is 2.03 bits per heavy atom. The van der Waals surface area contributed by atoms with Crippen LogP contribution in [0.2, 0.25) is 0 Å². The van der Waals surface area contributed by atoms with Crippen molar-refractivity contribution >= 4 is 20.7 Å². The number of hydrogen-bond acceptors (Lipinski definition) is 7. The third-order valence-corrected chi connectivity index (χ3v) is 7.56. The van der Waals surface area contributed by atoms with Gasteiger partial charge in [0.05, 0.1) is 35.2 Å². The van der Waals surface area contributed by atoms with Crippen molar-refractivity contribution in [2.45, 2.75) is 38.5 Å². The van der Waals surface area contributed by atoms with E-state index < -0.39 is 9.84 Å². The summed E-state index contributed by atoms with van der Waals surface area (Å²) < 4.78 is 37.7. The monoisotopic (exact) mass is 522 g/mol. The van der Waals surface area contributed by atoms with Gasteiger partial charge in [0, 0.05) is 24.6 Å². The van der Waals surface area contributed by atoms with Crippen molar-refractivity contribution in [2.24, 2.45) is 0 Å². The first-order valence-corrected chi connectivity index (χ1v) is 14.4. The van der Waals surface area contributed by atoms with Gasteiger partial charge in [0.2, 0.25) is 0 Å². The minimum Gasteiger partial charge on any atom is -0.493 e. The normalized spacial score (nSPS) is 17.1. The molecule has 1 fully saturated rings. The van der Waals surface area contributed by atoms with Gasteiger partial charge in [0.1, 0.15) is 18.6 Å². The van der Waals surface area contributed by atoms with Crippen molar-refractivity contribution < 1.29 is 17.9 Å². The average molecular weight is 523 g/mol. The molecule has 3 heterocycles. The lowest BCUT2D eigenvalue weighted by atomic mass is 10.1. The Morgan fingerprint density at radius 1 is 1.16 bits per heavy atom. The SMILES string of the molecule is CC(c1cccc(OCCS(C)(=O)=O)c1)n1cnc2ccc(-c3cnn(C4CCCCO4)c3)cc2c1=O. The zero-order valence-corrected chi connectivity index (χ0v) is 21.7. The van der Waals surface area contributed by atoms with E-state index in [1.807, 2.05) is 54.2 Å². The highest BCUT2D eigenvalue weighted by Crippen LogP contribution is 2.27. The van der Waals surface area contributed by atoms with Crippen LogP contribution in [-0.2, 0) is 14.6 Å². The van der Waals surface area contributed by atoms with Gasteiger partial charge in [-0.25, -0.2) is 18.1 Å². The number of hydrogen-bond donors (Lipinski definition) is 0. The van der Waals surface area contributed by atoms with Gasteiger partial charge in [-0.15, -0.1) is 0 Å². The molecule has 37 heavy (non-hydrogen) atoms. The van der Waals surface area contributed by atoms with Gasteiger partial charge in [-0.3, -0.25) is 9.36 Å². The molecule has 0 aliphatic carbocycles. The molecule has 0 saturated carbocycles. The smallest absolute Gasteiger partial charge is 0.261 e. The third-order valence-electron chi connectivity index (χ3n) is 6.65. The van der Waals surface area contributed by atoms with E-state index in [9.17, 15) is 13.2 Å². The number of rotatable bonds is 8. The van der Waals surface area contributed by atoms with Gasteiger partial charge in [0.25, 0.3) is 5.56 Å². The Bertz CT molecular complexity index is 1570. The summed E-state index contributed by atoms with van der Waals surface area (Å²) in [7, 11) is -3.11. The van der Waals surface area contributed by atoms with Crippen LogP contribution in [0.25, 0.3) is 22.0 Å². The van der Waals surface area contributed by atoms with Crippen LogP contribution < -0.4 is 10.3 Å². The summed E-state index contributed by atoms with van der Waals surface area (Å²) >= 11 is 0. The van der Waals surface area contributed by atoms with Crippen LogP contribution in [0.15, 0.2) is 66.0 Å². The quantitative estimate of drug-likeness (QED) is 0.344. The topological polar surface area (TPSA) is 105 Å². The van der Waals surface area contributed by atoms with Crippen molar-refractivity contribution in [3.63, 3.8) is 0 Å². The summed E-state index contributed by atoms with van der Waals surface area (Å²) in [5, 5.41) is 5.02. The minimum atomic E-state index is -3.11. The van der Waals surface area contributed by atoms with Gasteiger partial charge in [-0.1, -0.05) is 18.2 Å². The molecule has 1 aliphatic rings. The lowest BCUT2D eigenvalue weighted by Crippen LogP contribution is -2.24. The van der Waals surface area contributed by atoms with Crippen LogP contribution in [-0.4, -0.2) is 53.0 Å². The number of aromatic nitrogens is 4. The summed E-state index contributed by atoms with van der Waals surface area (Å²) in [4.78, 5) is 18.1. The predicted molar refractivity (Wildman–Crippen MR) is 142 cm³/mol. The standard InChI is InChI=1S/C27H30N4O5S/c1-19(20-6-5-7-23(14-20)35-12-13-37(2,33)34)30-18-28-25-10-9-21(15-24(25)27(30)32)22-16-29-31(17-22)26-8-3-4-11-36-26/h5-7,9-10,14-19,26H,3-4,8,11-13H2,1-2H3. The van der Waals surface area contributed by atoms with Crippen LogP contribution in [0.1, 0.15) is 44.0 Å². The molecule has 0 N–H and O–H groups in total. The second kappa shape index (κ2) is 10.5. The molecule has 0 bridgehead atoms. The average Bonchev–Trinajstić information content (AvgIpc) is 3.39. The van der Waals surface area contributed by atoms with Gasteiger partial charge < -0.3 is 9.47 Å². The number of sulfone groups is 1. The summed E-state index contributed by atoms with van der Waals surface area (Å²) in [6, 6.07) is 12.7. The van der Waals surface area contributed by atoms with Gasteiger partial charge in [-0.05, 0) is 61.6 Å². The van der Waals surface area contributed by atoms with Crippen molar-refractivity contribution in [3.8, 4) is 16.9 Å². The van der Waals surface area contributed by atoms with Gasteiger partial charge in [-0.2, -0.15) is 5.10 Å². The minimum absolute atomic E-state index is 0.0474. The zero-order valence-electron chi connectivity index (χ0n) is 20.9. The van der Waals surface area contributed by atoms with Crippen molar-refractivity contribution in [1.82, 2.24) is 19.3 Å². The second-order valence-electron chi connectivity index (χ2n) is 9.45. The van der Waals surface area contributed by atoms with Crippen LogP contribution in [0.5, 0.6) is 5.75 Å². The lowest BCUT2D eigenvalue weighted by Gasteiger charge is -2.22. The molecular formula is C27H30N4O5S. The Hall–Kier alpha value is -3.50. The third kappa shape index (κ3) is 5.75.